The first kappa shape index (κ1) is 29.4. The Bertz CT molecular complexity index is 1350. The molecule has 218 valence electrons. The van der Waals surface area contributed by atoms with Crippen LogP contribution in [0.3, 0.4) is 0 Å². The van der Waals surface area contributed by atoms with Gasteiger partial charge < -0.3 is 39.9 Å². The van der Waals surface area contributed by atoms with Crippen LogP contribution in [0.1, 0.15) is 26.3 Å². The maximum atomic E-state index is 12.5. The predicted octanol–water partition coefficient (Wildman–Crippen LogP) is 4.87. The lowest BCUT2D eigenvalue weighted by molar-refractivity contribution is 0.122. The van der Waals surface area contributed by atoms with Gasteiger partial charge >= 0.3 is 6.09 Å². The summed E-state index contributed by atoms with van der Waals surface area (Å²) in [5, 5.41) is 13.2. The molecule has 0 bridgehead atoms. The Morgan fingerprint density at radius 3 is 2.56 bits per heavy atom. The molecule has 1 aliphatic rings. The number of aromatic nitrogens is 2. The van der Waals surface area contributed by atoms with Crippen LogP contribution in [0.25, 0.3) is 0 Å². The fourth-order valence-electron chi connectivity index (χ4n) is 4.07. The fourth-order valence-corrected chi connectivity index (χ4v) is 4.07. The molecule has 0 aliphatic carbocycles. The van der Waals surface area contributed by atoms with Gasteiger partial charge in [0.05, 0.1) is 31.7 Å². The highest BCUT2D eigenvalue weighted by atomic mass is 16.6. The van der Waals surface area contributed by atoms with E-state index in [2.05, 4.69) is 31.0 Å². The molecule has 1 fully saturated rings. The number of para-hydroxylation sites is 2. The smallest absolute Gasteiger partial charge is 0.413 e. The number of hydrogen-bond acceptors (Lipinski definition) is 11. The molecule has 4 rings (SSSR count). The molecular weight excluding hydrogens is 526 g/mol. The maximum absolute atomic E-state index is 12.5. The minimum absolute atomic E-state index is 0.347. The third-order valence-electron chi connectivity index (χ3n) is 5.98. The molecule has 0 radical (unpaired) electrons. The summed E-state index contributed by atoms with van der Waals surface area (Å²) in [6.45, 7) is 8.69. The highest BCUT2D eigenvalue weighted by Gasteiger charge is 2.18. The first-order valence-electron chi connectivity index (χ1n) is 13.3. The van der Waals surface area contributed by atoms with Gasteiger partial charge in [-0.25, -0.2) is 9.78 Å². The van der Waals surface area contributed by atoms with Gasteiger partial charge in [-0.05, 0) is 45.0 Å². The molecule has 1 aliphatic heterocycles. The highest BCUT2D eigenvalue weighted by molar-refractivity contribution is 5.77. The number of carbonyl (C=O) groups is 1. The summed E-state index contributed by atoms with van der Waals surface area (Å²) in [4.78, 5) is 28.8. The zero-order chi connectivity index (χ0) is 29.2. The van der Waals surface area contributed by atoms with Crippen LogP contribution in [-0.4, -0.2) is 68.3 Å². The largest absolute Gasteiger partial charge is 0.494 e. The van der Waals surface area contributed by atoms with Gasteiger partial charge in [-0.3, -0.25) is 0 Å². The Kier molecular flexibility index (Phi) is 9.80. The Labute approximate surface area is 240 Å². The summed E-state index contributed by atoms with van der Waals surface area (Å²) in [6.07, 6.45) is 3.16. The molecule has 0 spiro atoms. The molecule has 2 heterocycles. The van der Waals surface area contributed by atoms with Crippen molar-refractivity contribution in [1.82, 2.24) is 15.3 Å². The number of hydrogen-bond donors (Lipinski definition) is 3. The van der Waals surface area contributed by atoms with Gasteiger partial charge in [0.2, 0.25) is 5.95 Å². The number of nitrogens with zero attached hydrogens (tertiary/aromatic N) is 4. The molecule has 0 atom stereocenters. The Morgan fingerprint density at radius 1 is 1.07 bits per heavy atom. The van der Waals surface area contributed by atoms with Crippen LogP contribution in [0.2, 0.25) is 0 Å². The zero-order valence-corrected chi connectivity index (χ0v) is 24.1. The molecule has 1 saturated heterocycles. The minimum Gasteiger partial charge on any atom is -0.494 e. The molecular formula is C29H37N7O5. The van der Waals surface area contributed by atoms with Crippen molar-refractivity contribution in [3.05, 3.63) is 54.2 Å². The van der Waals surface area contributed by atoms with E-state index >= 15 is 0 Å². The van der Waals surface area contributed by atoms with Crippen molar-refractivity contribution in [1.29, 1.82) is 0 Å². The SMILES string of the molecule is CO/N=C/Cc1cnc(Nc2ccc(N3CCOCC3)cc2OC)nc1Nc1ccccc1OC(=O)NC(C)(C)C. The summed E-state index contributed by atoms with van der Waals surface area (Å²) in [6, 6.07) is 13.1. The van der Waals surface area contributed by atoms with E-state index in [1.165, 1.54) is 7.11 Å². The van der Waals surface area contributed by atoms with E-state index in [0.29, 0.717) is 54.3 Å². The van der Waals surface area contributed by atoms with Gasteiger partial charge in [0.25, 0.3) is 0 Å². The third-order valence-corrected chi connectivity index (χ3v) is 5.98. The monoisotopic (exact) mass is 563 g/mol. The summed E-state index contributed by atoms with van der Waals surface area (Å²) in [5.41, 5.74) is 2.63. The second kappa shape index (κ2) is 13.7. The second-order valence-electron chi connectivity index (χ2n) is 10.2. The Morgan fingerprint density at radius 2 is 1.83 bits per heavy atom. The molecule has 0 saturated carbocycles. The number of methoxy groups -OCH3 is 1. The number of anilines is 5. The van der Waals surface area contributed by atoms with Gasteiger partial charge in [-0.15, -0.1) is 0 Å². The van der Waals surface area contributed by atoms with Crippen molar-refractivity contribution in [2.24, 2.45) is 5.16 Å². The average molecular weight is 564 g/mol. The van der Waals surface area contributed by atoms with Crippen molar-refractivity contribution in [3.8, 4) is 11.5 Å². The van der Waals surface area contributed by atoms with Crippen molar-refractivity contribution in [2.45, 2.75) is 32.7 Å². The zero-order valence-electron chi connectivity index (χ0n) is 24.1. The van der Waals surface area contributed by atoms with Crippen LogP contribution in [0.15, 0.2) is 53.8 Å². The van der Waals surface area contributed by atoms with Crippen molar-refractivity contribution in [2.75, 3.05) is 56.1 Å². The number of rotatable bonds is 10. The number of carbonyl (C=O) groups excluding carboxylic acids is 1. The van der Waals surface area contributed by atoms with Crippen LogP contribution in [0, 0.1) is 0 Å². The van der Waals surface area contributed by atoms with E-state index < -0.39 is 11.6 Å². The van der Waals surface area contributed by atoms with Gasteiger partial charge in [-0.1, -0.05) is 17.3 Å². The molecule has 2 aromatic carbocycles. The first-order valence-corrected chi connectivity index (χ1v) is 13.3. The molecule has 3 N–H and O–H groups in total. The number of oxime groups is 1. The van der Waals surface area contributed by atoms with Gasteiger partial charge in [-0.2, -0.15) is 4.98 Å². The summed E-state index contributed by atoms with van der Waals surface area (Å²) < 4.78 is 16.7. The molecule has 3 aromatic rings. The molecule has 41 heavy (non-hydrogen) atoms. The van der Waals surface area contributed by atoms with E-state index in [1.807, 2.05) is 45.0 Å². The molecule has 1 amide bonds. The van der Waals surface area contributed by atoms with Crippen LogP contribution < -0.4 is 30.3 Å². The van der Waals surface area contributed by atoms with E-state index in [-0.39, 0.29) is 0 Å². The number of amides is 1. The molecule has 12 nitrogen and oxygen atoms in total. The Balaban J connectivity index is 1.60. The summed E-state index contributed by atoms with van der Waals surface area (Å²) >= 11 is 0. The van der Waals surface area contributed by atoms with Crippen molar-refractivity contribution in [3.63, 3.8) is 0 Å². The molecule has 12 heteroatoms. The lowest BCUT2D eigenvalue weighted by atomic mass is 10.1. The predicted molar refractivity (Wildman–Crippen MR) is 159 cm³/mol. The van der Waals surface area contributed by atoms with Gasteiger partial charge in [0, 0.05) is 54.8 Å². The van der Waals surface area contributed by atoms with Gasteiger partial charge in [0.15, 0.2) is 5.75 Å². The standard InChI is InChI=1S/C29H37N7O5/c1-29(2,3)35-28(37)41-24-9-7-6-8-22(24)32-26-20(12-13-31-39-5)19-30-27(34-26)33-23-11-10-21(18-25(23)38-4)36-14-16-40-17-15-36/h6-11,13,18-19H,12,14-17H2,1-5H3,(H,35,37)(H2,30,32,33,34)/b31-13+. The van der Waals surface area contributed by atoms with Crippen LogP contribution in [0.4, 0.5) is 33.6 Å². The first-order chi connectivity index (χ1) is 19.8. The van der Waals surface area contributed by atoms with E-state index in [4.69, 9.17) is 24.0 Å². The van der Waals surface area contributed by atoms with Crippen LogP contribution in [-0.2, 0) is 16.0 Å². The quantitative estimate of drug-likeness (QED) is 0.232. The Hall–Kier alpha value is -4.58. The van der Waals surface area contributed by atoms with Gasteiger partial charge in [0.1, 0.15) is 18.7 Å². The van der Waals surface area contributed by atoms with Crippen LogP contribution >= 0.6 is 0 Å². The second-order valence-corrected chi connectivity index (χ2v) is 10.2. The number of morpholine rings is 1. The number of nitrogens with one attached hydrogen (secondary N) is 3. The summed E-state index contributed by atoms with van der Waals surface area (Å²) in [5.74, 6) is 1.86. The maximum Gasteiger partial charge on any atom is 0.413 e. The van der Waals surface area contributed by atoms with E-state index in [1.54, 1.807) is 37.7 Å². The number of benzene rings is 2. The molecule has 1 aromatic heterocycles. The topological polar surface area (TPSA) is 131 Å². The van der Waals surface area contributed by atoms with Crippen LogP contribution in [0.5, 0.6) is 11.5 Å². The minimum atomic E-state index is -0.558. The van der Waals surface area contributed by atoms with Crippen molar-refractivity contribution < 1.29 is 23.8 Å². The number of ether oxygens (including phenoxy) is 3. The average Bonchev–Trinajstić information content (AvgIpc) is 2.95. The lowest BCUT2D eigenvalue weighted by Gasteiger charge is -2.29. The lowest BCUT2D eigenvalue weighted by Crippen LogP contribution is -2.42. The highest BCUT2D eigenvalue weighted by Crippen LogP contribution is 2.33. The van der Waals surface area contributed by atoms with Crippen molar-refractivity contribution >= 4 is 41.1 Å². The summed E-state index contributed by atoms with van der Waals surface area (Å²) in [7, 11) is 3.11. The normalized spacial score (nSPS) is 13.5. The molecule has 0 unspecified atom stereocenters. The van der Waals surface area contributed by atoms with E-state index in [9.17, 15) is 4.79 Å². The van der Waals surface area contributed by atoms with E-state index in [0.717, 1.165) is 24.3 Å². The third kappa shape index (κ3) is 8.45. The fraction of sp³-hybridized carbons (Fsp3) is 0.379.